The zero-order valence-corrected chi connectivity index (χ0v) is 9.64. The van der Waals surface area contributed by atoms with Crippen molar-refractivity contribution < 1.29 is 4.79 Å². The quantitative estimate of drug-likeness (QED) is 0.680. The van der Waals surface area contributed by atoms with Crippen LogP contribution in [0.5, 0.6) is 0 Å². The number of amides is 1. The third-order valence-electron chi connectivity index (χ3n) is 1.70. The van der Waals surface area contributed by atoms with E-state index in [2.05, 4.69) is 26.2 Å². The van der Waals surface area contributed by atoms with E-state index in [0.29, 0.717) is 0 Å². The highest BCUT2D eigenvalue weighted by Gasteiger charge is 2.20. The van der Waals surface area contributed by atoms with Crippen molar-refractivity contribution in [2.75, 3.05) is 14.1 Å². The van der Waals surface area contributed by atoms with Gasteiger partial charge in [0.25, 0.3) is 0 Å². The molecule has 13 heavy (non-hydrogen) atoms. The third-order valence-corrected chi connectivity index (χ3v) is 1.70. The minimum atomic E-state index is 0.0717. The van der Waals surface area contributed by atoms with Crippen LogP contribution in [-0.2, 0) is 4.79 Å². The van der Waals surface area contributed by atoms with Gasteiger partial charge in [0.1, 0.15) is 0 Å². The molecule has 0 unspecified atom stereocenters. The molecular weight excluding hydrogens is 164 g/mol. The first-order valence-electron chi connectivity index (χ1n) is 4.70. The van der Waals surface area contributed by atoms with Gasteiger partial charge in [0.2, 0.25) is 5.91 Å². The maximum absolute atomic E-state index is 11.5. The van der Waals surface area contributed by atoms with Crippen molar-refractivity contribution in [2.24, 2.45) is 11.3 Å². The number of nitrogens with one attached hydrogen (secondary N) is 1. The number of hydrogen-bond donors (Lipinski definition) is 1. The van der Waals surface area contributed by atoms with Gasteiger partial charge in [-0.3, -0.25) is 10.2 Å². The van der Waals surface area contributed by atoms with E-state index in [1.165, 1.54) is 0 Å². The summed E-state index contributed by atoms with van der Waals surface area (Å²) in [7, 11) is 3.64. The Morgan fingerprint density at radius 1 is 1.38 bits per heavy atom. The van der Waals surface area contributed by atoms with Gasteiger partial charge in [-0.25, -0.2) is 5.01 Å². The zero-order valence-electron chi connectivity index (χ0n) is 9.64. The lowest BCUT2D eigenvalue weighted by Gasteiger charge is -2.23. The van der Waals surface area contributed by atoms with E-state index in [1.807, 2.05) is 21.0 Å². The van der Waals surface area contributed by atoms with Gasteiger partial charge in [-0.2, -0.15) is 0 Å². The molecule has 0 spiro atoms. The zero-order chi connectivity index (χ0) is 10.6. The molecule has 3 heteroatoms. The third kappa shape index (κ3) is 6.58. The fraction of sp³-hybridized carbons (Fsp3) is 0.900. The van der Waals surface area contributed by atoms with Crippen LogP contribution in [-0.4, -0.2) is 25.0 Å². The highest BCUT2D eigenvalue weighted by atomic mass is 16.2. The second-order valence-corrected chi connectivity index (χ2v) is 5.04. The van der Waals surface area contributed by atoms with Crippen molar-refractivity contribution in [3.8, 4) is 0 Å². The Morgan fingerprint density at radius 2 is 1.85 bits per heavy atom. The molecule has 0 rings (SSSR count). The average molecular weight is 186 g/mol. The minimum Gasteiger partial charge on any atom is -0.289 e. The van der Waals surface area contributed by atoms with Crippen molar-refractivity contribution in [2.45, 2.75) is 34.1 Å². The summed E-state index contributed by atoms with van der Waals surface area (Å²) in [6.07, 6.45) is 0.909. The van der Waals surface area contributed by atoms with Gasteiger partial charge in [0.05, 0.1) is 0 Å². The Labute approximate surface area is 81.5 Å². The molecule has 0 saturated heterocycles. The number of nitrogens with zero attached hydrogens (tertiary/aromatic N) is 1. The SMILES string of the molecule is C[C@@H](CC(C)(C)C)C(=O)NN(C)C. The molecule has 0 aromatic rings. The Balaban J connectivity index is 3.97. The summed E-state index contributed by atoms with van der Waals surface area (Å²) in [4.78, 5) is 11.5. The Hall–Kier alpha value is -0.570. The maximum atomic E-state index is 11.5. The van der Waals surface area contributed by atoms with Crippen LogP contribution in [0.2, 0.25) is 0 Å². The number of carbonyl (C=O) groups excluding carboxylic acids is 1. The molecule has 0 aliphatic rings. The summed E-state index contributed by atoms with van der Waals surface area (Å²) in [6.45, 7) is 8.40. The Morgan fingerprint density at radius 3 is 2.15 bits per heavy atom. The summed E-state index contributed by atoms with van der Waals surface area (Å²) < 4.78 is 0. The molecule has 0 fully saturated rings. The molecule has 0 heterocycles. The molecule has 1 N–H and O–H groups in total. The van der Waals surface area contributed by atoms with Gasteiger partial charge in [-0.15, -0.1) is 0 Å². The Bertz CT molecular complexity index is 170. The van der Waals surface area contributed by atoms with Gasteiger partial charge >= 0.3 is 0 Å². The summed E-state index contributed by atoms with van der Waals surface area (Å²) in [5.74, 6) is 0.169. The molecule has 0 aromatic carbocycles. The van der Waals surface area contributed by atoms with E-state index in [1.54, 1.807) is 5.01 Å². The topological polar surface area (TPSA) is 32.3 Å². The van der Waals surface area contributed by atoms with Gasteiger partial charge in [0.15, 0.2) is 0 Å². The van der Waals surface area contributed by atoms with Gasteiger partial charge in [0, 0.05) is 20.0 Å². The lowest BCUT2D eigenvalue weighted by atomic mass is 9.85. The van der Waals surface area contributed by atoms with Crippen LogP contribution in [0.1, 0.15) is 34.1 Å². The number of rotatable bonds is 3. The molecule has 0 radical (unpaired) electrons. The predicted octanol–water partition coefficient (Wildman–Crippen LogP) is 1.65. The molecule has 1 amide bonds. The van der Waals surface area contributed by atoms with E-state index >= 15 is 0 Å². The maximum Gasteiger partial charge on any atom is 0.237 e. The normalized spacial score (nSPS) is 14.4. The molecule has 0 aliphatic heterocycles. The molecular formula is C10H22N2O. The monoisotopic (exact) mass is 186 g/mol. The van der Waals surface area contributed by atoms with Crippen molar-refractivity contribution in [1.29, 1.82) is 0 Å². The first kappa shape index (κ1) is 12.4. The number of hydrogen-bond acceptors (Lipinski definition) is 2. The van der Waals surface area contributed by atoms with Crippen LogP contribution in [0.4, 0.5) is 0 Å². The van der Waals surface area contributed by atoms with E-state index in [9.17, 15) is 4.79 Å². The number of carbonyl (C=O) groups is 1. The number of hydrazine groups is 1. The fourth-order valence-corrected chi connectivity index (χ4v) is 1.34. The van der Waals surface area contributed by atoms with E-state index in [-0.39, 0.29) is 17.2 Å². The molecule has 1 atom stereocenters. The second kappa shape index (κ2) is 4.61. The molecule has 0 bridgehead atoms. The van der Waals surface area contributed by atoms with E-state index < -0.39 is 0 Å². The minimum absolute atomic E-state index is 0.0717. The first-order chi connectivity index (χ1) is 5.72. The highest BCUT2D eigenvalue weighted by Crippen LogP contribution is 2.23. The van der Waals surface area contributed by atoms with Gasteiger partial charge in [-0.05, 0) is 11.8 Å². The van der Waals surface area contributed by atoms with E-state index in [0.717, 1.165) is 6.42 Å². The lowest BCUT2D eigenvalue weighted by molar-refractivity contribution is -0.129. The molecule has 78 valence electrons. The smallest absolute Gasteiger partial charge is 0.237 e. The van der Waals surface area contributed by atoms with Crippen LogP contribution in [0.15, 0.2) is 0 Å². The molecule has 3 nitrogen and oxygen atoms in total. The molecule has 0 saturated carbocycles. The second-order valence-electron chi connectivity index (χ2n) is 5.04. The lowest BCUT2D eigenvalue weighted by Crippen LogP contribution is -2.40. The van der Waals surface area contributed by atoms with Crippen molar-refractivity contribution in [3.63, 3.8) is 0 Å². The van der Waals surface area contributed by atoms with Crippen molar-refractivity contribution in [1.82, 2.24) is 10.4 Å². The summed E-state index contributed by atoms with van der Waals surface area (Å²) in [5.41, 5.74) is 2.97. The van der Waals surface area contributed by atoms with Crippen molar-refractivity contribution >= 4 is 5.91 Å². The van der Waals surface area contributed by atoms with Gasteiger partial charge in [-0.1, -0.05) is 27.7 Å². The first-order valence-corrected chi connectivity index (χ1v) is 4.70. The molecule has 0 aromatic heterocycles. The standard InChI is InChI=1S/C10H22N2O/c1-8(7-10(2,3)4)9(13)11-12(5)6/h8H,7H2,1-6H3,(H,11,13)/t8-/m0/s1. The summed E-state index contributed by atoms with van der Waals surface area (Å²) in [6, 6.07) is 0. The van der Waals surface area contributed by atoms with Crippen LogP contribution >= 0.6 is 0 Å². The van der Waals surface area contributed by atoms with Crippen molar-refractivity contribution in [3.05, 3.63) is 0 Å². The van der Waals surface area contributed by atoms with Crippen LogP contribution in [0.25, 0.3) is 0 Å². The summed E-state index contributed by atoms with van der Waals surface area (Å²) in [5, 5.41) is 1.68. The largest absolute Gasteiger partial charge is 0.289 e. The Kier molecular flexibility index (Phi) is 4.40. The predicted molar refractivity (Wildman–Crippen MR) is 55.1 cm³/mol. The van der Waals surface area contributed by atoms with Crippen LogP contribution in [0.3, 0.4) is 0 Å². The van der Waals surface area contributed by atoms with Crippen LogP contribution < -0.4 is 5.43 Å². The van der Waals surface area contributed by atoms with Gasteiger partial charge < -0.3 is 0 Å². The fourth-order valence-electron chi connectivity index (χ4n) is 1.34. The highest BCUT2D eigenvalue weighted by molar-refractivity contribution is 5.77. The molecule has 0 aliphatic carbocycles. The van der Waals surface area contributed by atoms with E-state index in [4.69, 9.17) is 0 Å². The summed E-state index contributed by atoms with van der Waals surface area (Å²) >= 11 is 0. The average Bonchev–Trinajstić information content (AvgIpc) is 1.81. The van der Waals surface area contributed by atoms with Crippen LogP contribution in [0, 0.1) is 11.3 Å².